The van der Waals surface area contributed by atoms with Gasteiger partial charge in [-0.1, -0.05) is 30.3 Å². The van der Waals surface area contributed by atoms with Gasteiger partial charge >= 0.3 is 5.97 Å². The van der Waals surface area contributed by atoms with Crippen LogP contribution in [0.5, 0.6) is 5.75 Å². The lowest BCUT2D eigenvalue weighted by Crippen LogP contribution is -2.03. The summed E-state index contributed by atoms with van der Waals surface area (Å²) in [6, 6.07) is 13.9. The molecule has 0 radical (unpaired) electrons. The molecule has 1 aliphatic rings. The van der Waals surface area contributed by atoms with Gasteiger partial charge in [-0.05, 0) is 34.9 Å². The Balaban J connectivity index is 2.01. The van der Waals surface area contributed by atoms with Gasteiger partial charge in [0.1, 0.15) is 5.75 Å². The molecule has 22 heavy (non-hydrogen) atoms. The number of carbonyl (C=O) groups is 1. The molecule has 0 bridgehead atoms. The smallest absolute Gasteiger partial charge is 0.331 e. The Morgan fingerprint density at radius 1 is 1.14 bits per heavy atom. The maximum atomic E-state index is 11.2. The molecule has 0 aromatic heterocycles. The van der Waals surface area contributed by atoms with Crippen molar-refractivity contribution in [2.45, 2.75) is 13.0 Å². The first-order valence-electron chi connectivity index (χ1n) is 7.17. The summed E-state index contributed by atoms with van der Waals surface area (Å²) < 4.78 is 5.62. The zero-order valence-corrected chi connectivity index (χ0v) is 12.1. The van der Waals surface area contributed by atoms with Gasteiger partial charge in [-0.25, -0.2) is 4.79 Å². The molecule has 1 aliphatic heterocycles. The third-order valence-corrected chi connectivity index (χ3v) is 3.77. The molecule has 112 valence electrons. The van der Waals surface area contributed by atoms with Gasteiger partial charge in [-0.15, -0.1) is 0 Å². The van der Waals surface area contributed by atoms with Crippen molar-refractivity contribution < 1.29 is 14.6 Å². The number of carboxylic acids is 1. The summed E-state index contributed by atoms with van der Waals surface area (Å²) in [6.45, 7) is 0.901. The highest BCUT2D eigenvalue weighted by Crippen LogP contribution is 2.31. The molecule has 0 amide bonds. The number of benzene rings is 2. The average molecular weight is 295 g/mol. The fourth-order valence-corrected chi connectivity index (χ4v) is 2.51. The highest BCUT2D eigenvalue weighted by atomic mass is 16.5. The molecular weight excluding hydrogens is 278 g/mol. The van der Waals surface area contributed by atoms with Crippen LogP contribution in [0.1, 0.15) is 17.5 Å². The molecule has 1 heterocycles. The molecule has 4 nitrogen and oxygen atoms in total. The Morgan fingerprint density at radius 2 is 1.86 bits per heavy atom. The van der Waals surface area contributed by atoms with E-state index in [0.29, 0.717) is 25.1 Å². The van der Waals surface area contributed by atoms with Crippen molar-refractivity contribution in [3.05, 3.63) is 59.2 Å². The minimum absolute atomic E-state index is 0.370. The molecular formula is C18H17NO3. The molecule has 2 aromatic carbocycles. The van der Waals surface area contributed by atoms with Crippen molar-refractivity contribution in [2.24, 2.45) is 5.73 Å². The standard InChI is InChI=1S/C18H17NO3/c19-11-12-1-3-13(4-2-12)14-5-6-17-16(9-14)10-15(18(20)21)7-8-22-17/h1-6,9-10H,7-8,11,19H2,(H,20,21). The first-order chi connectivity index (χ1) is 10.7. The van der Waals surface area contributed by atoms with Crippen LogP contribution < -0.4 is 10.5 Å². The lowest BCUT2D eigenvalue weighted by atomic mass is 10.00. The van der Waals surface area contributed by atoms with Crippen molar-refractivity contribution in [3.8, 4) is 16.9 Å². The minimum atomic E-state index is -0.894. The number of hydrogen-bond acceptors (Lipinski definition) is 3. The van der Waals surface area contributed by atoms with Crippen LogP contribution in [-0.4, -0.2) is 17.7 Å². The molecule has 0 aliphatic carbocycles. The van der Waals surface area contributed by atoms with Gasteiger partial charge in [0.15, 0.2) is 0 Å². The molecule has 0 fully saturated rings. The van der Waals surface area contributed by atoms with Gasteiger partial charge in [0.05, 0.1) is 6.61 Å². The lowest BCUT2D eigenvalue weighted by Gasteiger charge is -2.09. The van der Waals surface area contributed by atoms with E-state index in [1.165, 1.54) is 0 Å². The average Bonchev–Trinajstić information content (AvgIpc) is 2.76. The van der Waals surface area contributed by atoms with E-state index in [2.05, 4.69) is 0 Å². The van der Waals surface area contributed by atoms with Crippen LogP contribution >= 0.6 is 0 Å². The molecule has 0 atom stereocenters. The Labute approximate surface area is 128 Å². The van der Waals surface area contributed by atoms with Crippen LogP contribution in [0.3, 0.4) is 0 Å². The Hall–Kier alpha value is -2.59. The van der Waals surface area contributed by atoms with E-state index >= 15 is 0 Å². The lowest BCUT2D eigenvalue weighted by molar-refractivity contribution is -0.132. The van der Waals surface area contributed by atoms with Gasteiger partial charge in [0.2, 0.25) is 0 Å². The summed E-state index contributed by atoms with van der Waals surface area (Å²) in [5.74, 6) is -0.173. The van der Waals surface area contributed by atoms with Gasteiger partial charge in [0.25, 0.3) is 0 Å². The Kier molecular flexibility index (Phi) is 3.94. The second kappa shape index (κ2) is 6.03. The topological polar surface area (TPSA) is 72.6 Å². The molecule has 4 heteroatoms. The number of aliphatic carboxylic acids is 1. The number of carboxylic acid groups (broad SMARTS) is 1. The van der Waals surface area contributed by atoms with E-state index in [1.54, 1.807) is 6.08 Å². The fourth-order valence-electron chi connectivity index (χ4n) is 2.51. The first-order valence-corrected chi connectivity index (χ1v) is 7.17. The largest absolute Gasteiger partial charge is 0.493 e. The van der Waals surface area contributed by atoms with Crippen molar-refractivity contribution in [1.82, 2.24) is 0 Å². The highest BCUT2D eigenvalue weighted by molar-refractivity contribution is 5.93. The third kappa shape index (κ3) is 2.87. The van der Waals surface area contributed by atoms with Crippen molar-refractivity contribution in [2.75, 3.05) is 6.61 Å². The van der Waals surface area contributed by atoms with E-state index in [1.807, 2.05) is 42.5 Å². The fraction of sp³-hybridized carbons (Fsp3) is 0.167. The monoisotopic (exact) mass is 295 g/mol. The van der Waals surface area contributed by atoms with Crippen LogP contribution in [-0.2, 0) is 11.3 Å². The van der Waals surface area contributed by atoms with Crippen LogP contribution in [0.4, 0.5) is 0 Å². The van der Waals surface area contributed by atoms with E-state index in [-0.39, 0.29) is 0 Å². The number of fused-ring (bicyclic) bond motifs is 1. The minimum Gasteiger partial charge on any atom is -0.493 e. The van der Waals surface area contributed by atoms with Crippen LogP contribution in [0.25, 0.3) is 17.2 Å². The van der Waals surface area contributed by atoms with Crippen molar-refractivity contribution in [3.63, 3.8) is 0 Å². The highest BCUT2D eigenvalue weighted by Gasteiger charge is 2.15. The first kappa shape index (κ1) is 14.4. The van der Waals surface area contributed by atoms with Crippen LogP contribution in [0.15, 0.2) is 48.0 Å². The summed E-state index contributed by atoms with van der Waals surface area (Å²) in [6.07, 6.45) is 2.10. The number of nitrogens with two attached hydrogens (primary N) is 1. The summed E-state index contributed by atoms with van der Waals surface area (Å²) >= 11 is 0. The zero-order chi connectivity index (χ0) is 15.5. The summed E-state index contributed by atoms with van der Waals surface area (Å²) in [5.41, 5.74) is 9.95. The summed E-state index contributed by atoms with van der Waals surface area (Å²) in [5, 5.41) is 9.20. The van der Waals surface area contributed by atoms with Gasteiger partial charge in [0, 0.05) is 24.1 Å². The molecule has 0 spiro atoms. The molecule has 0 saturated carbocycles. The predicted octanol–water partition coefficient (Wildman–Crippen LogP) is 3.06. The van der Waals surface area contributed by atoms with Crippen molar-refractivity contribution in [1.29, 1.82) is 0 Å². The van der Waals surface area contributed by atoms with Gasteiger partial charge < -0.3 is 15.6 Å². The molecule has 2 aromatic rings. The van der Waals surface area contributed by atoms with Gasteiger partial charge in [-0.2, -0.15) is 0 Å². The van der Waals surface area contributed by atoms with E-state index < -0.39 is 5.97 Å². The van der Waals surface area contributed by atoms with Gasteiger partial charge in [-0.3, -0.25) is 0 Å². The summed E-state index contributed by atoms with van der Waals surface area (Å²) in [4.78, 5) is 11.2. The molecule has 3 N–H and O–H groups in total. The molecule has 0 saturated heterocycles. The quantitative estimate of drug-likeness (QED) is 0.912. The normalized spacial score (nSPS) is 13.6. The Bertz CT molecular complexity index is 732. The maximum Gasteiger partial charge on any atom is 0.331 e. The maximum absolute atomic E-state index is 11.2. The predicted molar refractivity (Wildman–Crippen MR) is 85.5 cm³/mol. The second-order valence-corrected chi connectivity index (χ2v) is 5.23. The molecule has 3 rings (SSSR count). The Morgan fingerprint density at radius 3 is 2.55 bits per heavy atom. The van der Waals surface area contributed by atoms with E-state index in [4.69, 9.17) is 10.5 Å². The van der Waals surface area contributed by atoms with E-state index in [0.717, 1.165) is 28.0 Å². The van der Waals surface area contributed by atoms with E-state index in [9.17, 15) is 9.90 Å². The van der Waals surface area contributed by atoms with Crippen molar-refractivity contribution >= 4 is 12.0 Å². The summed E-state index contributed by atoms with van der Waals surface area (Å²) in [7, 11) is 0. The van der Waals surface area contributed by atoms with Crippen LogP contribution in [0, 0.1) is 0 Å². The van der Waals surface area contributed by atoms with Crippen LogP contribution in [0.2, 0.25) is 0 Å². The number of hydrogen-bond donors (Lipinski definition) is 2. The third-order valence-electron chi connectivity index (χ3n) is 3.77. The number of rotatable bonds is 3. The number of ether oxygens (including phenoxy) is 1. The zero-order valence-electron chi connectivity index (χ0n) is 12.1. The SMILES string of the molecule is NCc1ccc(-c2ccc3c(c2)C=C(C(=O)O)CCO3)cc1. The second-order valence-electron chi connectivity index (χ2n) is 5.23. The molecule has 0 unspecified atom stereocenters.